The van der Waals surface area contributed by atoms with Crippen molar-refractivity contribution in [1.82, 2.24) is 15.5 Å². The second-order valence-electron chi connectivity index (χ2n) is 6.52. The molecule has 0 atom stereocenters. The number of hydrogen-bond acceptors (Lipinski definition) is 2. The number of halogens is 2. The molecule has 0 radical (unpaired) electrons. The quantitative estimate of drug-likeness (QED) is 0.346. The summed E-state index contributed by atoms with van der Waals surface area (Å²) in [6.45, 7) is 4.06. The lowest BCUT2D eigenvalue weighted by Crippen LogP contribution is -2.39. The summed E-state index contributed by atoms with van der Waals surface area (Å²) < 4.78 is 0. The average molecular weight is 493 g/mol. The molecular weight excluding hydrogens is 463 g/mol. The van der Waals surface area contributed by atoms with Crippen molar-refractivity contribution in [3.63, 3.8) is 0 Å². The molecule has 0 heterocycles. The van der Waals surface area contributed by atoms with Crippen molar-refractivity contribution in [1.29, 1.82) is 0 Å². The second kappa shape index (κ2) is 12.4. The highest BCUT2D eigenvalue weighted by molar-refractivity contribution is 14.0. The first kappa shape index (κ1) is 23.0. The molecule has 0 aromatic heterocycles. The molecular formula is C19H30ClIN4O. The number of amides is 1. The first-order valence-corrected chi connectivity index (χ1v) is 9.49. The number of rotatable bonds is 7. The van der Waals surface area contributed by atoms with Gasteiger partial charge in [-0.2, -0.15) is 0 Å². The standard InChI is InChI=1S/C19H29ClN4O.HI/c1-3-21-19(24(2)14-15-8-10-16(20)11-9-15)22-13-12-18(25)23-17-6-4-5-7-17;/h8-11,17H,3-7,12-14H2,1-2H3,(H,21,22)(H,23,25);1H. The predicted molar refractivity (Wildman–Crippen MR) is 119 cm³/mol. The maximum Gasteiger partial charge on any atom is 0.222 e. The van der Waals surface area contributed by atoms with Gasteiger partial charge in [0.05, 0.1) is 6.54 Å². The summed E-state index contributed by atoms with van der Waals surface area (Å²) in [5.41, 5.74) is 1.16. The van der Waals surface area contributed by atoms with Crippen LogP contribution in [0.2, 0.25) is 5.02 Å². The van der Waals surface area contributed by atoms with E-state index in [1.165, 1.54) is 12.8 Å². The zero-order chi connectivity index (χ0) is 18.1. The number of nitrogens with one attached hydrogen (secondary N) is 2. The van der Waals surface area contributed by atoms with Crippen LogP contribution >= 0.6 is 35.6 Å². The van der Waals surface area contributed by atoms with Crippen molar-refractivity contribution in [2.45, 2.75) is 51.6 Å². The zero-order valence-electron chi connectivity index (χ0n) is 15.6. The van der Waals surface area contributed by atoms with E-state index in [9.17, 15) is 4.79 Å². The van der Waals surface area contributed by atoms with Gasteiger partial charge in [-0.3, -0.25) is 9.79 Å². The highest BCUT2D eigenvalue weighted by Crippen LogP contribution is 2.17. The number of guanidine groups is 1. The van der Waals surface area contributed by atoms with E-state index in [0.717, 1.165) is 42.5 Å². The van der Waals surface area contributed by atoms with Gasteiger partial charge >= 0.3 is 0 Å². The number of carbonyl (C=O) groups excluding carboxylic acids is 1. The molecule has 2 N–H and O–H groups in total. The lowest BCUT2D eigenvalue weighted by molar-refractivity contribution is -0.121. The van der Waals surface area contributed by atoms with Crippen LogP contribution < -0.4 is 10.6 Å². The van der Waals surface area contributed by atoms with E-state index >= 15 is 0 Å². The van der Waals surface area contributed by atoms with Crippen molar-refractivity contribution in [3.05, 3.63) is 34.9 Å². The highest BCUT2D eigenvalue weighted by atomic mass is 127. The Morgan fingerprint density at radius 3 is 2.54 bits per heavy atom. The minimum atomic E-state index is 0. The van der Waals surface area contributed by atoms with Crippen molar-refractivity contribution in [2.24, 2.45) is 4.99 Å². The Balaban J connectivity index is 0.00000338. The molecule has 1 aromatic rings. The lowest BCUT2D eigenvalue weighted by Gasteiger charge is -2.22. The van der Waals surface area contributed by atoms with E-state index < -0.39 is 0 Å². The van der Waals surface area contributed by atoms with Crippen LogP contribution in [-0.4, -0.2) is 42.9 Å². The number of aliphatic imine (C=N–C) groups is 1. The Morgan fingerprint density at radius 2 is 1.92 bits per heavy atom. The average Bonchev–Trinajstić information content (AvgIpc) is 3.09. The van der Waals surface area contributed by atoms with E-state index in [1.807, 2.05) is 38.2 Å². The molecule has 0 spiro atoms. The van der Waals surface area contributed by atoms with E-state index in [0.29, 0.717) is 19.0 Å². The molecule has 1 aromatic carbocycles. The second-order valence-corrected chi connectivity index (χ2v) is 6.95. The van der Waals surface area contributed by atoms with Crippen LogP contribution in [0, 0.1) is 0 Å². The van der Waals surface area contributed by atoms with Gasteiger partial charge in [0.25, 0.3) is 0 Å². The first-order valence-electron chi connectivity index (χ1n) is 9.11. The molecule has 7 heteroatoms. The minimum Gasteiger partial charge on any atom is -0.357 e. The molecule has 0 unspecified atom stereocenters. The van der Waals surface area contributed by atoms with Crippen molar-refractivity contribution in [2.75, 3.05) is 20.1 Å². The van der Waals surface area contributed by atoms with Crippen molar-refractivity contribution >= 4 is 47.4 Å². The molecule has 5 nitrogen and oxygen atoms in total. The van der Waals surface area contributed by atoms with Crippen LogP contribution in [0.25, 0.3) is 0 Å². The van der Waals surface area contributed by atoms with E-state index in [1.54, 1.807) is 0 Å². The fraction of sp³-hybridized carbons (Fsp3) is 0.579. The zero-order valence-corrected chi connectivity index (χ0v) is 18.7. The third kappa shape index (κ3) is 8.12. The molecule has 0 saturated heterocycles. The Hall–Kier alpha value is -1.02. The topological polar surface area (TPSA) is 56.7 Å². The summed E-state index contributed by atoms with van der Waals surface area (Å²) >= 11 is 5.93. The normalized spacial score (nSPS) is 14.7. The summed E-state index contributed by atoms with van der Waals surface area (Å²) in [6.07, 6.45) is 5.11. The Morgan fingerprint density at radius 1 is 1.27 bits per heavy atom. The minimum absolute atomic E-state index is 0. The molecule has 1 aliphatic rings. The third-order valence-electron chi connectivity index (χ3n) is 4.35. The number of hydrogen-bond donors (Lipinski definition) is 2. The summed E-state index contributed by atoms with van der Waals surface area (Å²) in [5.74, 6) is 0.915. The molecule has 146 valence electrons. The van der Waals surface area contributed by atoms with E-state index in [4.69, 9.17) is 11.6 Å². The van der Waals surface area contributed by atoms with Crippen LogP contribution in [0.3, 0.4) is 0 Å². The Kier molecular flexibility index (Phi) is 11.0. The van der Waals surface area contributed by atoms with Crippen LogP contribution in [0.15, 0.2) is 29.3 Å². The molecule has 1 amide bonds. The van der Waals surface area contributed by atoms with Gasteiger partial charge in [0.15, 0.2) is 5.96 Å². The molecule has 26 heavy (non-hydrogen) atoms. The summed E-state index contributed by atoms with van der Waals surface area (Å²) in [4.78, 5) is 18.6. The van der Waals surface area contributed by atoms with Crippen LogP contribution in [0.4, 0.5) is 0 Å². The lowest BCUT2D eigenvalue weighted by atomic mass is 10.2. The molecule has 1 saturated carbocycles. The van der Waals surface area contributed by atoms with Crippen LogP contribution in [-0.2, 0) is 11.3 Å². The monoisotopic (exact) mass is 492 g/mol. The molecule has 0 bridgehead atoms. The van der Waals surface area contributed by atoms with Crippen molar-refractivity contribution in [3.8, 4) is 0 Å². The number of benzene rings is 1. The number of nitrogens with zero attached hydrogens (tertiary/aromatic N) is 2. The third-order valence-corrected chi connectivity index (χ3v) is 4.60. The predicted octanol–water partition coefficient (Wildman–Crippen LogP) is 3.80. The van der Waals surface area contributed by atoms with Gasteiger partial charge in [0.2, 0.25) is 5.91 Å². The fourth-order valence-electron chi connectivity index (χ4n) is 3.04. The van der Waals surface area contributed by atoms with Crippen LogP contribution in [0.1, 0.15) is 44.6 Å². The van der Waals surface area contributed by atoms with Gasteiger partial charge in [-0.25, -0.2) is 0 Å². The summed E-state index contributed by atoms with van der Waals surface area (Å²) in [6, 6.07) is 8.18. The van der Waals surface area contributed by atoms with Crippen LogP contribution in [0.5, 0.6) is 0 Å². The first-order chi connectivity index (χ1) is 12.1. The number of carbonyl (C=O) groups is 1. The fourth-order valence-corrected chi connectivity index (χ4v) is 3.17. The van der Waals surface area contributed by atoms with Gasteiger partial charge in [-0.15, -0.1) is 24.0 Å². The largest absolute Gasteiger partial charge is 0.357 e. The van der Waals surface area contributed by atoms with Gasteiger partial charge in [-0.05, 0) is 37.5 Å². The maximum absolute atomic E-state index is 12.0. The Labute approximate surface area is 179 Å². The molecule has 2 rings (SSSR count). The van der Waals surface area contributed by atoms with Crippen molar-refractivity contribution < 1.29 is 4.79 Å². The maximum atomic E-state index is 12.0. The molecule has 1 fully saturated rings. The van der Waals surface area contributed by atoms with Gasteiger partial charge in [0, 0.05) is 37.6 Å². The van der Waals surface area contributed by atoms with Gasteiger partial charge < -0.3 is 15.5 Å². The molecule has 1 aliphatic carbocycles. The SMILES string of the molecule is CCNC(=NCCC(=O)NC1CCCC1)N(C)Cc1ccc(Cl)cc1.I. The van der Waals surface area contributed by atoms with Gasteiger partial charge in [0.1, 0.15) is 0 Å². The van der Waals surface area contributed by atoms with E-state index in [-0.39, 0.29) is 29.9 Å². The summed E-state index contributed by atoms with van der Waals surface area (Å²) in [5, 5.41) is 7.12. The molecule has 0 aliphatic heterocycles. The summed E-state index contributed by atoms with van der Waals surface area (Å²) in [7, 11) is 1.99. The van der Waals surface area contributed by atoms with Gasteiger partial charge in [-0.1, -0.05) is 36.6 Å². The highest BCUT2D eigenvalue weighted by Gasteiger charge is 2.16. The Bertz CT molecular complexity index is 573. The van der Waals surface area contributed by atoms with E-state index in [2.05, 4.69) is 20.5 Å². The smallest absolute Gasteiger partial charge is 0.222 e.